The summed E-state index contributed by atoms with van der Waals surface area (Å²) in [5, 5.41) is 4.42. The molecule has 0 N–H and O–H groups in total. The van der Waals surface area contributed by atoms with Gasteiger partial charge in [-0.3, -0.25) is 4.57 Å². The van der Waals surface area contributed by atoms with Gasteiger partial charge >= 0.3 is 0 Å². The van der Waals surface area contributed by atoms with Crippen molar-refractivity contribution in [3.63, 3.8) is 0 Å². The molecule has 9 rings (SSSR count). The molecule has 0 spiro atoms. The number of aryl methyl sites for hydroxylation is 1. The van der Waals surface area contributed by atoms with Crippen molar-refractivity contribution in [3.8, 4) is 27.9 Å². The molecule has 0 radical (unpaired) electrons. The molecule has 0 aliphatic heterocycles. The van der Waals surface area contributed by atoms with Crippen LogP contribution in [-0.4, -0.2) is 9.55 Å². The van der Waals surface area contributed by atoms with Gasteiger partial charge in [-0.1, -0.05) is 84.9 Å². The summed E-state index contributed by atoms with van der Waals surface area (Å²) in [7, 11) is 0. The first-order valence-corrected chi connectivity index (χ1v) is 14.1. The van der Waals surface area contributed by atoms with E-state index in [9.17, 15) is 0 Å². The lowest BCUT2D eigenvalue weighted by molar-refractivity contribution is 0.658. The summed E-state index contributed by atoms with van der Waals surface area (Å²) < 4.78 is 15.2. The molecule has 0 fully saturated rings. The van der Waals surface area contributed by atoms with Crippen molar-refractivity contribution in [3.05, 3.63) is 133 Å². The van der Waals surface area contributed by atoms with Gasteiger partial charge in [-0.2, -0.15) is 0 Å². The molecule has 0 atom stereocenters. The van der Waals surface area contributed by atoms with E-state index in [0.717, 1.165) is 88.7 Å². The van der Waals surface area contributed by atoms with Gasteiger partial charge in [0.1, 0.15) is 28.2 Å². The van der Waals surface area contributed by atoms with Crippen LogP contribution in [0, 0.1) is 6.92 Å². The van der Waals surface area contributed by atoms with Gasteiger partial charge in [0.15, 0.2) is 0 Å². The predicted octanol–water partition coefficient (Wildman–Crippen LogP) is 10.5. The summed E-state index contributed by atoms with van der Waals surface area (Å²) in [6.45, 7) is 2.05. The molecule has 0 saturated heterocycles. The lowest BCUT2D eigenvalue weighted by atomic mass is 9.96. The van der Waals surface area contributed by atoms with Gasteiger partial charge in [-0.25, -0.2) is 4.98 Å². The van der Waals surface area contributed by atoms with Crippen LogP contribution < -0.4 is 0 Å². The molecule has 0 saturated carbocycles. The molecular formula is C38H24N2O2. The minimum absolute atomic E-state index is 0.850. The number of fused-ring (bicyclic) bond motifs is 7. The van der Waals surface area contributed by atoms with Crippen molar-refractivity contribution < 1.29 is 8.83 Å². The minimum atomic E-state index is 0.850. The second-order valence-corrected chi connectivity index (χ2v) is 10.8. The van der Waals surface area contributed by atoms with Crippen molar-refractivity contribution in [1.29, 1.82) is 0 Å². The number of imidazole rings is 1. The van der Waals surface area contributed by atoms with Gasteiger partial charge in [0.25, 0.3) is 0 Å². The third-order valence-electron chi connectivity index (χ3n) is 8.37. The second kappa shape index (κ2) is 8.69. The van der Waals surface area contributed by atoms with E-state index < -0.39 is 0 Å². The van der Waals surface area contributed by atoms with Crippen LogP contribution in [0.1, 0.15) is 5.82 Å². The average molecular weight is 541 g/mol. The first kappa shape index (κ1) is 23.1. The Labute approximate surface area is 241 Å². The summed E-state index contributed by atoms with van der Waals surface area (Å²) in [6, 6.07) is 44.3. The van der Waals surface area contributed by atoms with Gasteiger partial charge in [0.2, 0.25) is 0 Å². The second-order valence-electron chi connectivity index (χ2n) is 10.8. The van der Waals surface area contributed by atoms with Crippen LogP contribution in [0.2, 0.25) is 0 Å². The third-order valence-corrected chi connectivity index (χ3v) is 8.37. The Balaban J connectivity index is 1.17. The summed E-state index contributed by atoms with van der Waals surface area (Å²) in [5.41, 5.74) is 11.0. The lowest BCUT2D eigenvalue weighted by Gasteiger charge is -2.10. The maximum Gasteiger partial charge on any atom is 0.147 e. The Morgan fingerprint density at radius 3 is 1.69 bits per heavy atom. The van der Waals surface area contributed by atoms with Crippen LogP contribution in [0.5, 0.6) is 0 Å². The normalized spacial score (nSPS) is 11.9. The number of rotatable bonds is 3. The minimum Gasteiger partial charge on any atom is -0.455 e. The maximum absolute atomic E-state index is 6.48. The van der Waals surface area contributed by atoms with Crippen LogP contribution in [-0.2, 0) is 0 Å². The quantitative estimate of drug-likeness (QED) is 0.224. The predicted molar refractivity (Wildman–Crippen MR) is 171 cm³/mol. The molecule has 6 aromatic carbocycles. The van der Waals surface area contributed by atoms with Crippen molar-refractivity contribution >= 4 is 54.9 Å². The number of furan rings is 2. The monoisotopic (exact) mass is 540 g/mol. The maximum atomic E-state index is 6.48. The first-order chi connectivity index (χ1) is 20.7. The molecule has 0 unspecified atom stereocenters. The van der Waals surface area contributed by atoms with E-state index in [-0.39, 0.29) is 0 Å². The SMILES string of the molecule is Cc1nc2ccccc2n1-c1ccc(-c2ccc(-c3c4oc5ccccc5c4cc4c3oc3ccccc34)cc2)cc1. The highest BCUT2D eigenvalue weighted by atomic mass is 16.3. The standard InChI is InChI=1S/C38H24N2O2/c1-23-39-32-10-4-5-11-33(32)40(23)27-20-18-25(19-21-27)24-14-16-26(17-15-24)36-37-30(28-8-2-6-12-34(28)41-37)22-31-29-9-3-7-13-35(29)42-38(31)36/h2-22H,1H3. The van der Waals surface area contributed by atoms with E-state index in [1.807, 2.05) is 37.3 Å². The Bertz CT molecular complexity index is 2370. The van der Waals surface area contributed by atoms with E-state index >= 15 is 0 Å². The molecule has 0 bridgehead atoms. The van der Waals surface area contributed by atoms with Crippen LogP contribution in [0.3, 0.4) is 0 Å². The topological polar surface area (TPSA) is 44.1 Å². The number of hydrogen-bond acceptors (Lipinski definition) is 3. The molecule has 42 heavy (non-hydrogen) atoms. The van der Waals surface area contributed by atoms with E-state index in [2.05, 4.69) is 102 Å². The average Bonchev–Trinajstić information content (AvgIpc) is 3.70. The Morgan fingerprint density at radius 2 is 1.05 bits per heavy atom. The van der Waals surface area contributed by atoms with Crippen LogP contribution in [0.25, 0.3) is 82.9 Å². The zero-order valence-electron chi connectivity index (χ0n) is 22.8. The Hall–Kier alpha value is -5.61. The fourth-order valence-corrected chi connectivity index (χ4v) is 6.40. The molecule has 9 aromatic rings. The zero-order chi connectivity index (χ0) is 27.8. The van der Waals surface area contributed by atoms with Gasteiger partial charge in [-0.15, -0.1) is 0 Å². The van der Waals surface area contributed by atoms with E-state index in [1.165, 1.54) is 0 Å². The highest BCUT2D eigenvalue weighted by Crippen LogP contribution is 2.44. The Kier molecular flexibility index (Phi) is 4.79. The fraction of sp³-hybridized carbons (Fsp3) is 0.0263. The fourth-order valence-electron chi connectivity index (χ4n) is 6.40. The number of benzene rings is 6. The summed E-state index contributed by atoms with van der Waals surface area (Å²) >= 11 is 0. The van der Waals surface area contributed by atoms with Crippen LogP contribution in [0.4, 0.5) is 0 Å². The van der Waals surface area contributed by atoms with Crippen molar-refractivity contribution in [2.24, 2.45) is 0 Å². The van der Waals surface area contributed by atoms with E-state index in [4.69, 9.17) is 13.8 Å². The Morgan fingerprint density at radius 1 is 0.524 bits per heavy atom. The summed E-state index contributed by atoms with van der Waals surface area (Å²) in [5.74, 6) is 0.977. The molecule has 3 heterocycles. The highest BCUT2D eigenvalue weighted by Gasteiger charge is 2.21. The van der Waals surface area contributed by atoms with Crippen molar-refractivity contribution in [1.82, 2.24) is 9.55 Å². The van der Waals surface area contributed by atoms with E-state index in [1.54, 1.807) is 0 Å². The summed E-state index contributed by atoms with van der Waals surface area (Å²) in [4.78, 5) is 4.73. The number of para-hydroxylation sites is 4. The molecule has 198 valence electrons. The number of nitrogens with zero attached hydrogens (tertiary/aromatic N) is 2. The zero-order valence-corrected chi connectivity index (χ0v) is 22.8. The molecule has 4 nitrogen and oxygen atoms in total. The molecule has 4 heteroatoms. The molecule has 0 aliphatic rings. The van der Waals surface area contributed by atoms with Crippen LogP contribution in [0.15, 0.2) is 136 Å². The first-order valence-electron chi connectivity index (χ1n) is 14.1. The number of hydrogen-bond donors (Lipinski definition) is 0. The molecule has 0 aliphatic carbocycles. The molecule has 0 amide bonds. The molecular weight excluding hydrogens is 516 g/mol. The molecule has 3 aromatic heterocycles. The smallest absolute Gasteiger partial charge is 0.147 e. The highest BCUT2D eigenvalue weighted by molar-refractivity contribution is 6.21. The van der Waals surface area contributed by atoms with Crippen LogP contribution >= 0.6 is 0 Å². The van der Waals surface area contributed by atoms with Gasteiger partial charge in [0.05, 0.1) is 16.6 Å². The van der Waals surface area contributed by atoms with Crippen molar-refractivity contribution in [2.75, 3.05) is 0 Å². The van der Waals surface area contributed by atoms with Gasteiger partial charge in [-0.05, 0) is 66.1 Å². The van der Waals surface area contributed by atoms with E-state index in [0.29, 0.717) is 0 Å². The van der Waals surface area contributed by atoms with Gasteiger partial charge < -0.3 is 8.83 Å². The largest absolute Gasteiger partial charge is 0.455 e. The van der Waals surface area contributed by atoms with Crippen molar-refractivity contribution in [2.45, 2.75) is 6.92 Å². The number of aromatic nitrogens is 2. The van der Waals surface area contributed by atoms with Gasteiger partial charge in [0, 0.05) is 27.2 Å². The summed E-state index contributed by atoms with van der Waals surface area (Å²) in [6.07, 6.45) is 0. The lowest BCUT2D eigenvalue weighted by Crippen LogP contribution is -1.96. The third kappa shape index (κ3) is 3.32.